The molecule has 0 aliphatic heterocycles. The van der Waals surface area contributed by atoms with E-state index in [1.165, 1.54) is 12.1 Å². The Morgan fingerprint density at radius 3 is 2.52 bits per heavy atom. The molecule has 0 N–H and O–H groups in total. The standard InChI is InChI=1S/C15H12ClNO4/c1-10(11-5-3-2-4-6-11)21-15(18)13-8-7-12(16)9-14(13)17(19)20/h2-10H,1H3. The molecule has 0 spiro atoms. The van der Waals surface area contributed by atoms with Crippen LogP contribution in [0, 0.1) is 10.1 Å². The van der Waals surface area contributed by atoms with E-state index in [0.717, 1.165) is 11.6 Å². The van der Waals surface area contributed by atoms with Crippen molar-refractivity contribution >= 4 is 23.3 Å². The smallest absolute Gasteiger partial charge is 0.345 e. The first-order chi connectivity index (χ1) is 9.99. The molecule has 0 amide bonds. The molecule has 1 atom stereocenters. The van der Waals surface area contributed by atoms with Crippen molar-refractivity contribution in [3.8, 4) is 0 Å². The van der Waals surface area contributed by atoms with Gasteiger partial charge in [0.1, 0.15) is 11.7 Å². The van der Waals surface area contributed by atoms with Gasteiger partial charge in [0.2, 0.25) is 0 Å². The number of carbonyl (C=O) groups excluding carboxylic acids is 1. The van der Waals surface area contributed by atoms with E-state index in [9.17, 15) is 14.9 Å². The zero-order valence-electron chi connectivity index (χ0n) is 11.2. The summed E-state index contributed by atoms with van der Waals surface area (Å²) < 4.78 is 5.27. The first-order valence-corrected chi connectivity index (χ1v) is 6.56. The van der Waals surface area contributed by atoms with Gasteiger partial charge in [-0.2, -0.15) is 0 Å². The van der Waals surface area contributed by atoms with E-state index in [1.807, 2.05) is 30.3 Å². The highest BCUT2D eigenvalue weighted by Gasteiger charge is 2.23. The van der Waals surface area contributed by atoms with E-state index >= 15 is 0 Å². The van der Waals surface area contributed by atoms with Crippen LogP contribution in [0.25, 0.3) is 0 Å². The van der Waals surface area contributed by atoms with Crippen molar-refractivity contribution < 1.29 is 14.5 Å². The molecular weight excluding hydrogens is 294 g/mol. The van der Waals surface area contributed by atoms with Gasteiger partial charge in [0.15, 0.2) is 0 Å². The number of nitro groups is 1. The van der Waals surface area contributed by atoms with Gasteiger partial charge in [-0.25, -0.2) is 4.79 Å². The molecule has 5 nitrogen and oxygen atoms in total. The topological polar surface area (TPSA) is 69.4 Å². The van der Waals surface area contributed by atoms with E-state index < -0.39 is 17.0 Å². The summed E-state index contributed by atoms with van der Waals surface area (Å²) in [5, 5.41) is 11.2. The van der Waals surface area contributed by atoms with E-state index in [1.54, 1.807) is 6.92 Å². The summed E-state index contributed by atoms with van der Waals surface area (Å²) in [6.45, 7) is 1.70. The molecule has 21 heavy (non-hydrogen) atoms. The average molecular weight is 306 g/mol. The summed E-state index contributed by atoms with van der Waals surface area (Å²) in [6.07, 6.45) is -0.506. The summed E-state index contributed by atoms with van der Waals surface area (Å²) in [4.78, 5) is 22.4. The van der Waals surface area contributed by atoms with Gasteiger partial charge < -0.3 is 4.74 Å². The summed E-state index contributed by atoms with van der Waals surface area (Å²) in [5.74, 6) is -0.755. The monoisotopic (exact) mass is 305 g/mol. The number of ether oxygens (including phenoxy) is 1. The lowest BCUT2D eigenvalue weighted by molar-refractivity contribution is -0.385. The summed E-state index contributed by atoms with van der Waals surface area (Å²) >= 11 is 5.71. The highest BCUT2D eigenvalue weighted by Crippen LogP contribution is 2.26. The van der Waals surface area contributed by atoms with Crippen LogP contribution in [-0.2, 0) is 4.74 Å². The van der Waals surface area contributed by atoms with Crippen LogP contribution in [0.3, 0.4) is 0 Å². The quantitative estimate of drug-likeness (QED) is 0.483. The molecule has 2 aromatic carbocycles. The third-order valence-electron chi connectivity index (χ3n) is 2.93. The van der Waals surface area contributed by atoms with Gasteiger partial charge in [0.25, 0.3) is 5.69 Å². The predicted octanol–water partition coefficient (Wildman–Crippen LogP) is 4.17. The number of nitrogens with zero attached hydrogens (tertiary/aromatic N) is 1. The van der Waals surface area contributed by atoms with Gasteiger partial charge in [-0.15, -0.1) is 0 Å². The highest BCUT2D eigenvalue weighted by atomic mass is 35.5. The van der Waals surface area contributed by atoms with Gasteiger partial charge in [-0.1, -0.05) is 41.9 Å². The molecule has 0 saturated carbocycles. The Morgan fingerprint density at radius 1 is 1.24 bits per heavy atom. The number of hydrogen-bond donors (Lipinski definition) is 0. The summed E-state index contributed by atoms with van der Waals surface area (Å²) in [5.41, 5.74) is 0.322. The molecule has 6 heteroatoms. The maximum Gasteiger partial charge on any atom is 0.345 e. The Kier molecular flexibility index (Phi) is 4.55. The number of carbonyl (C=O) groups is 1. The van der Waals surface area contributed by atoms with Crippen LogP contribution in [0.4, 0.5) is 5.69 Å². The van der Waals surface area contributed by atoms with Crippen molar-refractivity contribution in [2.24, 2.45) is 0 Å². The van der Waals surface area contributed by atoms with Crippen molar-refractivity contribution in [1.29, 1.82) is 0 Å². The molecule has 0 bridgehead atoms. The second kappa shape index (κ2) is 6.37. The number of rotatable bonds is 4. The van der Waals surface area contributed by atoms with E-state index in [-0.39, 0.29) is 16.3 Å². The lowest BCUT2D eigenvalue weighted by Gasteiger charge is -2.13. The molecule has 0 saturated heterocycles. The Bertz CT molecular complexity index is 673. The lowest BCUT2D eigenvalue weighted by Crippen LogP contribution is -2.11. The minimum absolute atomic E-state index is 0.118. The van der Waals surface area contributed by atoms with Crippen LogP contribution < -0.4 is 0 Å². The second-order valence-corrected chi connectivity index (χ2v) is 4.81. The number of esters is 1. The van der Waals surface area contributed by atoms with E-state index in [0.29, 0.717) is 0 Å². The van der Waals surface area contributed by atoms with Gasteiger partial charge >= 0.3 is 5.97 Å². The van der Waals surface area contributed by atoms with Gasteiger partial charge in [-0.05, 0) is 24.6 Å². The number of hydrogen-bond acceptors (Lipinski definition) is 4. The fourth-order valence-corrected chi connectivity index (χ4v) is 2.01. The van der Waals surface area contributed by atoms with Crippen molar-refractivity contribution in [3.63, 3.8) is 0 Å². The molecule has 0 aliphatic carbocycles. The van der Waals surface area contributed by atoms with E-state index in [2.05, 4.69) is 0 Å². The van der Waals surface area contributed by atoms with Crippen molar-refractivity contribution in [2.75, 3.05) is 0 Å². The third-order valence-corrected chi connectivity index (χ3v) is 3.16. The summed E-state index contributed by atoms with van der Waals surface area (Å²) in [7, 11) is 0. The zero-order valence-corrected chi connectivity index (χ0v) is 11.9. The average Bonchev–Trinajstić information content (AvgIpc) is 2.47. The predicted molar refractivity (Wildman–Crippen MR) is 78.4 cm³/mol. The van der Waals surface area contributed by atoms with Crippen LogP contribution in [-0.4, -0.2) is 10.9 Å². The van der Waals surface area contributed by atoms with Crippen LogP contribution in [0.2, 0.25) is 5.02 Å². The van der Waals surface area contributed by atoms with Crippen molar-refractivity contribution in [2.45, 2.75) is 13.0 Å². The van der Waals surface area contributed by atoms with Crippen LogP contribution in [0.5, 0.6) is 0 Å². The SMILES string of the molecule is CC(OC(=O)c1ccc(Cl)cc1[N+](=O)[O-])c1ccccc1. The first-order valence-electron chi connectivity index (χ1n) is 6.19. The molecule has 0 fully saturated rings. The lowest BCUT2D eigenvalue weighted by atomic mass is 10.1. The number of halogens is 1. The Hall–Kier alpha value is -2.40. The fourth-order valence-electron chi connectivity index (χ4n) is 1.84. The highest BCUT2D eigenvalue weighted by molar-refractivity contribution is 6.31. The van der Waals surface area contributed by atoms with Crippen molar-refractivity contribution in [3.05, 3.63) is 74.8 Å². The van der Waals surface area contributed by atoms with Gasteiger partial charge in [-0.3, -0.25) is 10.1 Å². The molecule has 0 heterocycles. The Balaban J connectivity index is 2.23. The molecular formula is C15H12ClNO4. The minimum atomic E-state index is -0.755. The van der Waals surface area contributed by atoms with Gasteiger partial charge in [0, 0.05) is 11.1 Å². The summed E-state index contributed by atoms with van der Waals surface area (Å²) in [6, 6.07) is 13.0. The maximum absolute atomic E-state index is 12.1. The van der Waals surface area contributed by atoms with Crippen molar-refractivity contribution in [1.82, 2.24) is 0 Å². The fraction of sp³-hybridized carbons (Fsp3) is 0.133. The van der Waals surface area contributed by atoms with Gasteiger partial charge in [0.05, 0.1) is 4.92 Å². The molecule has 108 valence electrons. The number of benzene rings is 2. The Labute approximate surface area is 126 Å². The molecule has 2 aromatic rings. The zero-order chi connectivity index (χ0) is 15.4. The Morgan fingerprint density at radius 2 is 1.90 bits per heavy atom. The molecule has 0 aromatic heterocycles. The van der Waals surface area contributed by atoms with Crippen LogP contribution >= 0.6 is 11.6 Å². The van der Waals surface area contributed by atoms with Crippen LogP contribution in [0.1, 0.15) is 28.9 Å². The molecule has 1 unspecified atom stereocenters. The maximum atomic E-state index is 12.1. The first kappa shape index (κ1) is 15.0. The molecule has 0 radical (unpaired) electrons. The largest absolute Gasteiger partial charge is 0.454 e. The van der Waals surface area contributed by atoms with E-state index in [4.69, 9.17) is 16.3 Å². The second-order valence-electron chi connectivity index (χ2n) is 4.38. The molecule has 2 rings (SSSR count). The minimum Gasteiger partial charge on any atom is -0.454 e. The van der Waals surface area contributed by atoms with Crippen LogP contribution in [0.15, 0.2) is 48.5 Å². The number of nitro benzene ring substituents is 1. The third kappa shape index (κ3) is 3.58. The normalized spacial score (nSPS) is 11.7. The molecule has 0 aliphatic rings.